The number of likely N-dealkylation sites (tertiary alicyclic amines) is 2. The summed E-state index contributed by atoms with van der Waals surface area (Å²) in [5.41, 5.74) is 2.18. The Hall–Kier alpha value is -2.18. The molecule has 6 nitrogen and oxygen atoms in total. The van der Waals surface area contributed by atoms with Crippen LogP contribution in [0.4, 0.5) is 0 Å². The molecule has 2 aromatic heterocycles. The molecule has 0 amide bonds. The lowest BCUT2D eigenvalue weighted by Crippen LogP contribution is -2.34. The van der Waals surface area contributed by atoms with Crippen LogP contribution in [0.1, 0.15) is 32.1 Å². The summed E-state index contributed by atoms with van der Waals surface area (Å²) < 4.78 is 7.18. The van der Waals surface area contributed by atoms with Gasteiger partial charge in [-0.05, 0) is 62.6 Å². The zero-order chi connectivity index (χ0) is 21.3. The van der Waals surface area contributed by atoms with Crippen molar-refractivity contribution in [2.75, 3.05) is 46.4 Å². The highest BCUT2D eigenvalue weighted by atomic mass is 16.5. The molecule has 3 aliphatic rings. The van der Waals surface area contributed by atoms with Gasteiger partial charge in [0.15, 0.2) is 0 Å². The quantitative estimate of drug-likeness (QED) is 0.670. The van der Waals surface area contributed by atoms with Crippen molar-refractivity contribution < 1.29 is 4.74 Å². The topological polar surface area (TPSA) is 50.6 Å². The van der Waals surface area contributed by atoms with Crippen molar-refractivity contribution in [1.29, 1.82) is 0 Å². The minimum atomic E-state index is 0.0324. The van der Waals surface area contributed by atoms with Crippen LogP contribution in [0.15, 0.2) is 41.3 Å². The normalized spacial score (nSPS) is 26.9. The van der Waals surface area contributed by atoms with Crippen LogP contribution in [0.2, 0.25) is 0 Å². The standard InChI is InChI=1S/C25H34N4O2/c1-31-21-15-23-22(26-16-21)7-8-24(30)29(23)14-13-27-11-9-25(18-27)10-12-28(19-25)17-20-5-3-2-4-6-20/h2-3,7-8,15-16,20H,4-6,9-14,17-19H2,1H3. The van der Waals surface area contributed by atoms with E-state index >= 15 is 0 Å². The SMILES string of the molecule is COc1cnc2ccc(=O)n(CCN3CCC4(CCN(CC5CC=CCC5)C4)C3)c2c1. The van der Waals surface area contributed by atoms with E-state index in [1.807, 2.05) is 10.6 Å². The van der Waals surface area contributed by atoms with Crippen LogP contribution >= 0.6 is 0 Å². The predicted molar refractivity (Wildman–Crippen MR) is 124 cm³/mol. The molecular weight excluding hydrogens is 388 g/mol. The van der Waals surface area contributed by atoms with Crippen LogP contribution in [0.5, 0.6) is 5.75 Å². The van der Waals surface area contributed by atoms with Crippen LogP contribution in [0, 0.1) is 11.3 Å². The smallest absolute Gasteiger partial charge is 0.251 e. The van der Waals surface area contributed by atoms with Gasteiger partial charge in [0.25, 0.3) is 5.56 Å². The molecule has 0 bridgehead atoms. The second-order valence-electron chi connectivity index (χ2n) is 9.76. The molecule has 2 atom stereocenters. The van der Waals surface area contributed by atoms with E-state index in [4.69, 9.17) is 4.74 Å². The zero-order valence-electron chi connectivity index (χ0n) is 18.6. The maximum absolute atomic E-state index is 12.6. The van der Waals surface area contributed by atoms with Gasteiger partial charge in [0.05, 0.1) is 24.3 Å². The van der Waals surface area contributed by atoms with E-state index in [1.54, 1.807) is 25.4 Å². The van der Waals surface area contributed by atoms with Crippen molar-refractivity contribution in [2.45, 2.75) is 38.6 Å². The van der Waals surface area contributed by atoms with Crippen molar-refractivity contribution in [3.63, 3.8) is 0 Å². The minimum Gasteiger partial charge on any atom is -0.495 e. The Morgan fingerprint density at radius 1 is 1.13 bits per heavy atom. The van der Waals surface area contributed by atoms with Gasteiger partial charge in [-0.25, -0.2) is 0 Å². The monoisotopic (exact) mass is 422 g/mol. The lowest BCUT2D eigenvalue weighted by molar-refractivity contribution is 0.215. The number of methoxy groups -OCH3 is 1. The first-order valence-corrected chi connectivity index (χ1v) is 11.8. The largest absolute Gasteiger partial charge is 0.495 e. The fourth-order valence-corrected chi connectivity index (χ4v) is 5.86. The van der Waals surface area contributed by atoms with Crippen LogP contribution in [-0.2, 0) is 6.54 Å². The maximum atomic E-state index is 12.6. The number of rotatable bonds is 6. The Kier molecular flexibility index (Phi) is 5.85. The van der Waals surface area contributed by atoms with Gasteiger partial charge in [-0.2, -0.15) is 0 Å². The predicted octanol–water partition coefficient (Wildman–Crippen LogP) is 3.16. The molecule has 0 N–H and O–H groups in total. The van der Waals surface area contributed by atoms with E-state index in [0.717, 1.165) is 36.6 Å². The van der Waals surface area contributed by atoms with E-state index in [-0.39, 0.29) is 5.56 Å². The van der Waals surface area contributed by atoms with Crippen molar-refractivity contribution in [2.24, 2.45) is 11.3 Å². The van der Waals surface area contributed by atoms with Gasteiger partial charge in [-0.15, -0.1) is 0 Å². The molecular formula is C25H34N4O2. The molecule has 0 saturated carbocycles. The summed E-state index contributed by atoms with van der Waals surface area (Å²) in [7, 11) is 1.63. The van der Waals surface area contributed by atoms with Gasteiger partial charge >= 0.3 is 0 Å². The van der Waals surface area contributed by atoms with Gasteiger partial charge in [-0.3, -0.25) is 9.78 Å². The number of nitrogens with zero attached hydrogens (tertiary/aromatic N) is 4. The Morgan fingerprint density at radius 2 is 1.97 bits per heavy atom. The molecule has 2 fully saturated rings. The van der Waals surface area contributed by atoms with E-state index < -0.39 is 0 Å². The van der Waals surface area contributed by atoms with Crippen molar-refractivity contribution in [3.8, 4) is 5.75 Å². The van der Waals surface area contributed by atoms with Gasteiger partial charge in [0.2, 0.25) is 0 Å². The summed E-state index contributed by atoms with van der Waals surface area (Å²) in [4.78, 5) is 22.3. The molecule has 0 aromatic carbocycles. The maximum Gasteiger partial charge on any atom is 0.251 e. The Bertz CT molecular complexity index is 1020. The number of ether oxygens (including phenoxy) is 1. The van der Waals surface area contributed by atoms with Gasteiger partial charge in [0.1, 0.15) is 5.75 Å². The van der Waals surface area contributed by atoms with Gasteiger partial charge in [0, 0.05) is 44.9 Å². The molecule has 2 saturated heterocycles. The molecule has 1 aliphatic carbocycles. The van der Waals surface area contributed by atoms with E-state index in [0.29, 0.717) is 17.7 Å². The molecule has 2 unspecified atom stereocenters. The first kappa shape index (κ1) is 20.7. The second-order valence-corrected chi connectivity index (χ2v) is 9.76. The number of allylic oxidation sites excluding steroid dienone is 2. The third-order valence-electron chi connectivity index (χ3n) is 7.62. The number of hydrogen-bond donors (Lipinski definition) is 0. The fourth-order valence-electron chi connectivity index (χ4n) is 5.86. The third kappa shape index (κ3) is 4.41. The van der Waals surface area contributed by atoms with E-state index in [2.05, 4.69) is 26.9 Å². The summed E-state index contributed by atoms with van der Waals surface area (Å²) in [5, 5.41) is 0. The average molecular weight is 423 g/mol. The van der Waals surface area contributed by atoms with Crippen molar-refractivity contribution in [3.05, 3.63) is 46.9 Å². The lowest BCUT2D eigenvalue weighted by atomic mass is 9.86. The average Bonchev–Trinajstić information content (AvgIpc) is 3.39. The highest BCUT2D eigenvalue weighted by Gasteiger charge is 2.43. The fraction of sp³-hybridized carbons (Fsp3) is 0.600. The molecule has 166 valence electrons. The van der Waals surface area contributed by atoms with Crippen molar-refractivity contribution >= 4 is 11.0 Å². The molecule has 0 radical (unpaired) electrons. The lowest BCUT2D eigenvalue weighted by Gasteiger charge is -2.28. The van der Waals surface area contributed by atoms with Crippen LogP contribution in [0.25, 0.3) is 11.0 Å². The Morgan fingerprint density at radius 3 is 2.77 bits per heavy atom. The minimum absolute atomic E-state index is 0.0324. The first-order chi connectivity index (χ1) is 15.1. The highest BCUT2D eigenvalue weighted by Crippen LogP contribution is 2.40. The summed E-state index contributed by atoms with van der Waals surface area (Å²) in [6, 6.07) is 5.35. The Balaban J connectivity index is 1.21. The highest BCUT2D eigenvalue weighted by molar-refractivity contribution is 5.75. The van der Waals surface area contributed by atoms with E-state index in [1.165, 1.54) is 51.7 Å². The van der Waals surface area contributed by atoms with Crippen LogP contribution in [-0.4, -0.2) is 65.7 Å². The van der Waals surface area contributed by atoms with Crippen LogP contribution in [0.3, 0.4) is 0 Å². The molecule has 4 heterocycles. The molecule has 1 spiro atoms. The third-order valence-corrected chi connectivity index (χ3v) is 7.62. The number of pyridine rings is 2. The molecule has 6 heteroatoms. The van der Waals surface area contributed by atoms with Crippen molar-refractivity contribution in [1.82, 2.24) is 19.4 Å². The van der Waals surface area contributed by atoms with Gasteiger partial charge in [-0.1, -0.05) is 12.2 Å². The van der Waals surface area contributed by atoms with Gasteiger partial charge < -0.3 is 19.1 Å². The van der Waals surface area contributed by atoms with E-state index in [9.17, 15) is 4.79 Å². The zero-order valence-corrected chi connectivity index (χ0v) is 18.6. The van der Waals surface area contributed by atoms with Crippen LogP contribution < -0.4 is 10.3 Å². The molecule has 31 heavy (non-hydrogen) atoms. The molecule has 5 rings (SSSR count). The number of hydrogen-bond acceptors (Lipinski definition) is 5. The summed E-state index contributed by atoms with van der Waals surface area (Å²) in [6.45, 7) is 7.68. The Labute approximate surface area is 184 Å². The number of aromatic nitrogens is 2. The summed E-state index contributed by atoms with van der Waals surface area (Å²) >= 11 is 0. The summed E-state index contributed by atoms with van der Waals surface area (Å²) in [5.74, 6) is 1.54. The first-order valence-electron chi connectivity index (χ1n) is 11.8. The summed E-state index contributed by atoms with van der Waals surface area (Å²) in [6.07, 6.45) is 12.9. The second kappa shape index (κ2) is 8.75. The molecule has 2 aliphatic heterocycles. The molecule has 2 aromatic rings. The number of fused-ring (bicyclic) bond motifs is 1.